The smallest absolute Gasteiger partial charge is 0.327 e. The summed E-state index contributed by atoms with van der Waals surface area (Å²) in [5, 5.41) is 11.3. The summed E-state index contributed by atoms with van der Waals surface area (Å²) in [5.41, 5.74) is 0. The maximum Gasteiger partial charge on any atom is 0.327 e. The number of esters is 1. The number of urea groups is 1. The van der Waals surface area contributed by atoms with Crippen molar-refractivity contribution in [3.63, 3.8) is 0 Å². The summed E-state index contributed by atoms with van der Waals surface area (Å²) in [5.74, 6) is -1.06. The fourth-order valence-corrected chi connectivity index (χ4v) is 2.77. The minimum atomic E-state index is -1.02. The molecule has 0 aliphatic carbocycles. The molecule has 0 radical (unpaired) electrons. The Morgan fingerprint density at radius 1 is 1.50 bits per heavy atom. The zero-order valence-electron chi connectivity index (χ0n) is 10.2. The van der Waals surface area contributed by atoms with E-state index in [9.17, 15) is 14.4 Å². The molecule has 7 nitrogen and oxygen atoms in total. The molecule has 1 heterocycles. The molecule has 18 heavy (non-hydrogen) atoms. The van der Waals surface area contributed by atoms with E-state index in [-0.39, 0.29) is 18.3 Å². The van der Waals surface area contributed by atoms with E-state index in [4.69, 9.17) is 5.11 Å². The van der Waals surface area contributed by atoms with Gasteiger partial charge >= 0.3 is 18.0 Å². The molecule has 0 aromatic rings. The molecule has 102 valence electrons. The highest BCUT2D eigenvalue weighted by Crippen LogP contribution is 2.28. The fourth-order valence-electron chi connectivity index (χ4n) is 1.61. The number of nitrogens with zero attached hydrogens (tertiary/aromatic N) is 1. The predicted octanol–water partition coefficient (Wildman–Crippen LogP) is 0.107. The minimum Gasteiger partial charge on any atom is -0.480 e. The number of amides is 2. The van der Waals surface area contributed by atoms with E-state index >= 15 is 0 Å². The van der Waals surface area contributed by atoms with E-state index in [1.54, 1.807) is 6.92 Å². The SMILES string of the molecule is COC(=O)CCNC(=O)N1C(C)SCC1C(=O)O. The van der Waals surface area contributed by atoms with Crippen molar-refractivity contribution in [2.75, 3.05) is 19.4 Å². The number of nitrogens with one attached hydrogen (secondary N) is 1. The molecular weight excluding hydrogens is 260 g/mol. The Balaban J connectivity index is 2.49. The maximum atomic E-state index is 11.8. The van der Waals surface area contributed by atoms with Gasteiger partial charge in [-0.2, -0.15) is 0 Å². The molecule has 0 aromatic heterocycles. The zero-order valence-corrected chi connectivity index (χ0v) is 11.0. The van der Waals surface area contributed by atoms with Gasteiger partial charge in [0.25, 0.3) is 0 Å². The number of ether oxygens (including phenoxy) is 1. The lowest BCUT2D eigenvalue weighted by Gasteiger charge is -2.25. The molecule has 1 rings (SSSR count). The van der Waals surface area contributed by atoms with Gasteiger partial charge in [-0.05, 0) is 6.92 Å². The lowest BCUT2D eigenvalue weighted by atomic mass is 10.3. The molecular formula is C10H16N2O5S. The van der Waals surface area contributed by atoms with Crippen LogP contribution in [0.1, 0.15) is 13.3 Å². The number of carboxylic acids is 1. The Hall–Kier alpha value is -1.44. The van der Waals surface area contributed by atoms with Gasteiger partial charge < -0.3 is 15.2 Å². The second-order valence-electron chi connectivity index (χ2n) is 3.75. The molecule has 2 unspecified atom stereocenters. The first-order chi connectivity index (χ1) is 8.47. The van der Waals surface area contributed by atoms with Crippen LogP contribution in [0.3, 0.4) is 0 Å². The van der Waals surface area contributed by atoms with Crippen molar-refractivity contribution in [2.45, 2.75) is 24.8 Å². The van der Waals surface area contributed by atoms with Gasteiger partial charge in [-0.25, -0.2) is 9.59 Å². The molecule has 1 saturated heterocycles. The van der Waals surface area contributed by atoms with Gasteiger partial charge in [0.15, 0.2) is 0 Å². The maximum absolute atomic E-state index is 11.8. The number of carbonyl (C=O) groups is 3. The van der Waals surface area contributed by atoms with Crippen LogP contribution < -0.4 is 5.32 Å². The van der Waals surface area contributed by atoms with Gasteiger partial charge in [0, 0.05) is 12.3 Å². The summed E-state index contributed by atoms with van der Waals surface area (Å²) in [6.45, 7) is 1.90. The first-order valence-corrected chi connectivity index (χ1v) is 6.49. The quantitative estimate of drug-likeness (QED) is 0.707. The van der Waals surface area contributed by atoms with Crippen LogP contribution in [0.2, 0.25) is 0 Å². The molecule has 0 spiro atoms. The van der Waals surface area contributed by atoms with Crippen LogP contribution in [0.25, 0.3) is 0 Å². The number of carbonyl (C=O) groups excluding carboxylic acids is 2. The van der Waals surface area contributed by atoms with Crippen molar-refractivity contribution in [3.05, 3.63) is 0 Å². The van der Waals surface area contributed by atoms with Gasteiger partial charge in [0.05, 0.1) is 18.9 Å². The Morgan fingerprint density at radius 3 is 2.72 bits per heavy atom. The van der Waals surface area contributed by atoms with Crippen molar-refractivity contribution in [3.8, 4) is 0 Å². The molecule has 1 aliphatic rings. The number of hydrogen-bond acceptors (Lipinski definition) is 5. The van der Waals surface area contributed by atoms with E-state index in [2.05, 4.69) is 10.1 Å². The Morgan fingerprint density at radius 2 is 2.17 bits per heavy atom. The van der Waals surface area contributed by atoms with Gasteiger partial charge in [0.1, 0.15) is 6.04 Å². The molecule has 0 bridgehead atoms. The summed E-state index contributed by atoms with van der Waals surface area (Å²) >= 11 is 1.41. The third-order valence-corrected chi connectivity index (χ3v) is 3.79. The van der Waals surface area contributed by atoms with Crippen LogP contribution in [0.5, 0.6) is 0 Å². The molecule has 2 amide bonds. The van der Waals surface area contributed by atoms with Crippen LogP contribution >= 0.6 is 11.8 Å². The second kappa shape index (κ2) is 6.48. The van der Waals surface area contributed by atoms with E-state index < -0.39 is 24.0 Å². The third-order valence-electron chi connectivity index (χ3n) is 2.58. The Kier molecular flexibility index (Phi) is 5.26. The largest absolute Gasteiger partial charge is 0.480 e. The first kappa shape index (κ1) is 14.6. The standard InChI is InChI=1S/C10H16N2O5S/c1-6-12(7(5-18-6)9(14)15)10(16)11-4-3-8(13)17-2/h6-7H,3-5H2,1-2H3,(H,11,16)(H,14,15). The van der Waals surface area contributed by atoms with Gasteiger partial charge in [-0.15, -0.1) is 11.8 Å². The lowest BCUT2D eigenvalue weighted by molar-refractivity contribution is -0.142. The van der Waals surface area contributed by atoms with Crippen LogP contribution in [0, 0.1) is 0 Å². The molecule has 8 heteroatoms. The van der Waals surface area contributed by atoms with E-state index in [1.807, 2.05) is 0 Å². The minimum absolute atomic E-state index is 0.0648. The van der Waals surface area contributed by atoms with Crippen molar-refractivity contribution in [2.24, 2.45) is 0 Å². The first-order valence-electron chi connectivity index (χ1n) is 5.44. The third kappa shape index (κ3) is 3.52. The van der Waals surface area contributed by atoms with Crippen LogP contribution in [0.15, 0.2) is 0 Å². The summed E-state index contributed by atoms with van der Waals surface area (Å²) < 4.78 is 4.44. The fraction of sp³-hybridized carbons (Fsp3) is 0.700. The van der Waals surface area contributed by atoms with E-state index in [1.165, 1.54) is 23.8 Å². The summed E-state index contributed by atoms with van der Waals surface area (Å²) in [6, 6.07) is -1.29. The van der Waals surface area contributed by atoms with Crippen molar-refractivity contribution < 1.29 is 24.2 Å². The molecule has 1 fully saturated rings. The summed E-state index contributed by atoms with van der Waals surface area (Å²) in [6.07, 6.45) is 0.0648. The number of rotatable bonds is 4. The van der Waals surface area contributed by atoms with Gasteiger partial charge in [-0.3, -0.25) is 9.69 Å². The van der Waals surface area contributed by atoms with Gasteiger partial charge in [0.2, 0.25) is 0 Å². The van der Waals surface area contributed by atoms with Crippen molar-refractivity contribution >= 4 is 29.7 Å². The van der Waals surface area contributed by atoms with Crippen LogP contribution in [0.4, 0.5) is 4.79 Å². The number of carboxylic acid groups (broad SMARTS) is 1. The van der Waals surface area contributed by atoms with Crippen molar-refractivity contribution in [1.29, 1.82) is 0 Å². The Bertz CT molecular complexity index is 349. The topological polar surface area (TPSA) is 95.9 Å². The van der Waals surface area contributed by atoms with Gasteiger partial charge in [-0.1, -0.05) is 0 Å². The summed E-state index contributed by atoms with van der Waals surface area (Å²) in [4.78, 5) is 35.0. The van der Waals surface area contributed by atoms with Crippen LogP contribution in [-0.2, 0) is 14.3 Å². The average Bonchev–Trinajstić information content (AvgIpc) is 2.70. The average molecular weight is 276 g/mol. The molecule has 2 atom stereocenters. The number of methoxy groups -OCH3 is 1. The van der Waals surface area contributed by atoms with Crippen molar-refractivity contribution in [1.82, 2.24) is 10.2 Å². The van der Waals surface area contributed by atoms with E-state index in [0.29, 0.717) is 5.75 Å². The highest BCUT2D eigenvalue weighted by molar-refractivity contribution is 8.00. The number of thioether (sulfide) groups is 1. The molecule has 0 aromatic carbocycles. The number of hydrogen-bond donors (Lipinski definition) is 2. The molecule has 1 aliphatic heterocycles. The normalized spacial score (nSPS) is 22.7. The Labute approximate surface area is 109 Å². The van der Waals surface area contributed by atoms with Crippen LogP contribution in [-0.4, -0.2) is 58.8 Å². The molecule has 2 N–H and O–H groups in total. The monoisotopic (exact) mass is 276 g/mol. The second-order valence-corrected chi connectivity index (χ2v) is 5.10. The highest BCUT2D eigenvalue weighted by Gasteiger charge is 2.39. The molecule has 0 saturated carbocycles. The summed E-state index contributed by atoms with van der Waals surface area (Å²) in [7, 11) is 1.27. The highest BCUT2D eigenvalue weighted by atomic mass is 32.2. The lowest BCUT2D eigenvalue weighted by Crippen LogP contribution is -2.49. The van der Waals surface area contributed by atoms with E-state index in [0.717, 1.165) is 0 Å². The number of aliphatic carboxylic acids is 1. The zero-order chi connectivity index (χ0) is 13.7. The predicted molar refractivity (Wildman–Crippen MR) is 65.2 cm³/mol.